The quantitative estimate of drug-likeness (QED) is 0.705. The van der Waals surface area contributed by atoms with Gasteiger partial charge in [-0.2, -0.15) is 0 Å². The predicted molar refractivity (Wildman–Crippen MR) is 101 cm³/mol. The summed E-state index contributed by atoms with van der Waals surface area (Å²) in [6.45, 7) is 0. The number of hydrogen-bond donors (Lipinski definition) is 2. The third-order valence-electron chi connectivity index (χ3n) is 4.09. The highest BCUT2D eigenvalue weighted by Gasteiger charge is 2.29. The first-order chi connectivity index (χ1) is 12.6. The zero-order valence-electron chi connectivity index (χ0n) is 14.0. The first-order valence-electron chi connectivity index (χ1n) is 8.28. The van der Waals surface area contributed by atoms with E-state index in [-0.39, 0.29) is 0 Å². The maximum absolute atomic E-state index is 11.8. The molecule has 0 fully saturated rings. The van der Waals surface area contributed by atoms with E-state index in [0.29, 0.717) is 16.7 Å². The summed E-state index contributed by atoms with van der Waals surface area (Å²) in [4.78, 5) is 11.8. The number of aliphatic hydroxyl groups excluding tert-OH is 1. The van der Waals surface area contributed by atoms with Crippen LogP contribution in [0.5, 0.6) is 0 Å². The Morgan fingerprint density at radius 2 is 1.27 bits per heavy atom. The fraction of sp³-hybridized carbons (Fsp3) is 0.0870. The fourth-order valence-corrected chi connectivity index (χ4v) is 2.78. The number of benzene rings is 3. The van der Waals surface area contributed by atoms with E-state index in [1.807, 2.05) is 42.5 Å². The van der Waals surface area contributed by atoms with Gasteiger partial charge in [-0.05, 0) is 35.4 Å². The van der Waals surface area contributed by atoms with Gasteiger partial charge >= 0.3 is 5.97 Å². The van der Waals surface area contributed by atoms with Crippen LogP contribution in [0.1, 0.15) is 34.3 Å². The Labute approximate surface area is 152 Å². The second-order valence-electron chi connectivity index (χ2n) is 5.91. The van der Waals surface area contributed by atoms with E-state index in [9.17, 15) is 15.0 Å². The molecule has 128 valence electrons. The highest BCUT2D eigenvalue weighted by molar-refractivity contribution is 5.77. The van der Waals surface area contributed by atoms with Gasteiger partial charge in [0.2, 0.25) is 0 Å². The number of carboxylic acids is 1. The molecule has 0 spiro atoms. The van der Waals surface area contributed by atoms with Crippen molar-refractivity contribution in [2.75, 3.05) is 0 Å². The van der Waals surface area contributed by atoms with Crippen molar-refractivity contribution < 1.29 is 15.0 Å². The van der Waals surface area contributed by atoms with Crippen LogP contribution in [-0.4, -0.2) is 16.2 Å². The first-order valence-corrected chi connectivity index (χ1v) is 8.28. The van der Waals surface area contributed by atoms with Gasteiger partial charge in [-0.1, -0.05) is 72.5 Å². The van der Waals surface area contributed by atoms with Crippen LogP contribution in [0.15, 0.2) is 84.9 Å². The van der Waals surface area contributed by atoms with Crippen molar-refractivity contribution in [1.82, 2.24) is 0 Å². The van der Waals surface area contributed by atoms with Gasteiger partial charge in [-0.25, -0.2) is 0 Å². The molecular weight excluding hydrogens is 324 g/mol. The smallest absolute Gasteiger partial charge is 0.314 e. The molecule has 0 aliphatic carbocycles. The van der Waals surface area contributed by atoms with Crippen molar-refractivity contribution in [3.8, 4) is 11.8 Å². The Morgan fingerprint density at radius 1 is 0.731 bits per heavy atom. The standard InChI is InChI=1S/C23H18O3/c24-22(19-11-5-2-6-12-19)21(23(25)26)20-13-7-10-18(16-20)15-14-17-8-3-1-4-9-17/h1-13,16,21-22,24H,(H,25,26)/t21-,22-/m0/s1. The fourth-order valence-electron chi connectivity index (χ4n) is 2.78. The Kier molecular flexibility index (Phi) is 5.48. The highest BCUT2D eigenvalue weighted by Crippen LogP contribution is 2.31. The number of aliphatic carboxylic acids is 1. The minimum absolute atomic E-state index is 0.522. The largest absolute Gasteiger partial charge is 0.481 e. The third-order valence-corrected chi connectivity index (χ3v) is 4.09. The predicted octanol–water partition coefficient (Wildman–Crippen LogP) is 3.99. The monoisotopic (exact) mass is 342 g/mol. The van der Waals surface area contributed by atoms with Crippen molar-refractivity contribution in [2.45, 2.75) is 12.0 Å². The summed E-state index contributed by atoms with van der Waals surface area (Å²) in [5.74, 6) is 3.97. The van der Waals surface area contributed by atoms with Gasteiger partial charge in [0.15, 0.2) is 0 Å². The molecule has 0 saturated heterocycles. The van der Waals surface area contributed by atoms with Crippen molar-refractivity contribution in [3.05, 3.63) is 107 Å². The maximum atomic E-state index is 11.8. The number of rotatable bonds is 4. The van der Waals surface area contributed by atoms with Gasteiger partial charge in [-0.3, -0.25) is 4.79 Å². The molecule has 2 atom stereocenters. The molecule has 2 N–H and O–H groups in total. The van der Waals surface area contributed by atoms with Gasteiger partial charge in [0, 0.05) is 11.1 Å². The van der Waals surface area contributed by atoms with Crippen molar-refractivity contribution in [1.29, 1.82) is 0 Å². The number of carboxylic acid groups (broad SMARTS) is 1. The summed E-state index contributed by atoms with van der Waals surface area (Å²) < 4.78 is 0. The van der Waals surface area contributed by atoms with E-state index in [1.54, 1.807) is 42.5 Å². The molecule has 0 radical (unpaired) electrons. The molecule has 0 unspecified atom stereocenters. The summed E-state index contributed by atoms with van der Waals surface area (Å²) in [5, 5.41) is 20.2. The molecule has 0 saturated carbocycles. The summed E-state index contributed by atoms with van der Waals surface area (Å²) in [7, 11) is 0. The maximum Gasteiger partial charge on any atom is 0.314 e. The minimum Gasteiger partial charge on any atom is -0.481 e. The van der Waals surface area contributed by atoms with Crippen LogP contribution < -0.4 is 0 Å². The van der Waals surface area contributed by atoms with Crippen molar-refractivity contribution in [3.63, 3.8) is 0 Å². The van der Waals surface area contributed by atoms with Gasteiger partial charge in [0.05, 0.1) is 6.10 Å². The third kappa shape index (κ3) is 4.18. The molecular formula is C23H18O3. The molecule has 0 bridgehead atoms. The van der Waals surface area contributed by atoms with Gasteiger partial charge in [0.1, 0.15) is 5.92 Å². The Morgan fingerprint density at radius 3 is 1.92 bits per heavy atom. The lowest BCUT2D eigenvalue weighted by molar-refractivity contribution is -0.141. The van der Waals surface area contributed by atoms with Gasteiger partial charge in [0.25, 0.3) is 0 Å². The van der Waals surface area contributed by atoms with Crippen molar-refractivity contribution in [2.24, 2.45) is 0 Å². The van der Waals surface area contributed by atoms with Crippen LogP contribution in [-0.2, 0) is 4.79 Å². The molecule has 3 aromatic rings. The van der Waals surface area contributed by atoms with E-state index in [0.717, 1.165) is 5.56 Å². The van der Waals surface area contributed by atoms with Crippen LogP contribution in [0, 0.1) is 11.8 Å². The molecule has 3 nitrogen and oxygen atoms in total. The second-order valence-corrected chi connectivity index (χ2v) is 5.91. The molecule has 0 aromatic heterocycles. The lowest BCUT2D eigenvalue weighted by Gasteiger charge is -2.20. The molecule has 3 aromatic carbocycles. The first kappa shape index (κ1) is 17.5. The molecule has 0 aliphatic rings. The summed E-state index contributed by atoms with van der Waals surface area (Å²) in [6, 6.07) is 25.4. The number of carbonyl (C=O) groups is 1. The molecule has 0 heterocycles. The average molecular weight is 342 g/mol. The van der Waals surface area contributed by atoms with Gasteiger partial charge in [-0.15, -0.1) is 0 Å². The highest BCUT2D eigenvalue weighted by atomic mass is 16.4. The number of hydrogen-bond acceptors (Lipinski definition) is 2. The van der Waals surface area contributed by atoms with Crippen molar-refractivity contribution >= 4 is 5.97 Å². The summed E-state index contributed by atoms with van der Waals surface area (Å²) >= 11 is 0. The topological polar surface area (TPSA) is 57.5 Å². The van der Waals surface area contributed by atoms with E-state index < -0.39 is 18.0 Å². The zero-order valence-corrected chi connectivity index (χ0v) is 14.0. The Hall–Kier alpha value is -3.35. The molecule has 0 amide bonds. The van der Waals surface area contributed by atoms with E-state index in [2.05, 4.69) is 11.8 Å². The van der Waals surface area contributed by atoms with Gasteiger partial charge < -0.3 is 10.2 Å². The van der Waals surface area contributed by atoms with E-state index in [1.165, 1.54) is 0 Å². The summed E-state index contributed by atoms with van der Waals surface area (Å²) in [5.41, 5.74) is 2.68. The Balaban J connectivity index is 1.92. The SMILES string of the molecule is O=C(O)[C@@H](c1cccc(C#Cc2ccccc2)c1)[C@@H](O)c1ccccc1. The molecule has 3 heteroatoms. The normalized spacial score (nSPS) is 12.5. The molecule has 0 aliphatic heterocycles. The average Bonchev–Trinajstić information content (AvgIpc) is 2.68. The van der Waals surface area contributed by atoms with Crippen LogP contribution in [0.25, 0.3) is 0 Å². The van der Waals surface area contributed by atoms with E-state index >= 15 is 0 Å². The lowest BCUT2D eigenvalue weighted by Crippen LogP contribution is -2.20. The Bertz CT molecular complexity index is 937. The summed E-state index contributed by atoms with van der Waals surface area (Å²) in [6.07, 6.45) is -1.13. The van der Waals surface area contributed by atoms with Crippen LogP contribution in [0.3, 0.4) is 0 Å². The zero-order chi connectivity index (χ0) is 18.4. The number of aliphatic hydroxyl groups is 1. The second kappa shape index (κ2) is 8.15. The minimum atomic E-state index is -1.13. The van der Waals surface area contributed by atoms with Crippen LogP contribution >= 0.6 is 0 Å². The lowest BCUT2D eigenvalue weighted by atomic mass is 9.88. The molecule has 3 rings (SSSR count). The van der Waals surface area contributed by atoms with Crippen LogP contribution in [0.4, 0.5) is 0 Å². The molecule has 26 heavy (non-hydrogen) atoms. The van der Waals surface area contributed by atoms with Crippen LogP contribution in [0.2, 0.25) is 0 Å². The van der Waals surface area contributed by atoms with E-state index in [4.69, 9.17) is 0 Å².